The van der Waals surface area contributed by atoms with Gasteiger partial charge in [-0.25, -0.2) is 0 Å². The largest absolute Gasteiger partial charge is 0.492 e. The second kappa shape index (κ2) is 6.75. The highest BCUT2D eigenvalue weighted by molar-refractivity contribution is 6.32. The third kappa shape index (κ3) is 3.11. The van der Waals surface area contributed by atoms with E-state index < -0.39 is 0 Å². The van der Waals surface area contributed by atoms with Gasteiger partial charge in [-0.3, -0.25) is 4.90 Å². The van der Waals surface area contributed by atoms with E-state index in [0.29, 0.717) is 17.5 Å². The number of rotatable bonds is 5. The minimum Gasteiger partial charge on any atom is -0.492 e. The molecular weight excluding hydrogens is 302 g/mol. The fraction of sp³-hybridized carbons (Fsp3) is 0.647. The number of halogens is 1. The molecule has 3 rings (SSSR count). The van der Waals surface area contributed by atoms with Crippen LogP contribution in [0.15, 0.2) is 18.2 Å². The summed E-state index contributed by atoms with van der Waals surface area (Å²) in [4.78, 5) is 2.40. The molecule has 0 bridgehead atoms. The molecule has 0 saturated carbocycles. The molecule has 2 atom stereocenters. The van der Waals surface area contributed by atoms with Gasteiger partial charge < -0.3 is 14.6 Å². The number of benzene rings is 1. The first-order valence-corrected chi connectivity index (χ1v) is 8.37. The Labute approximate surface area is 137 Å². The highest BCUT2D eigenvalue weighted by atomic mass is 35.5. The van der Waals surface area contributed by atoms with Gasteiger partial charge in [0.1, 0.15) is 5.75 Å². The Morgan fingerprint density at radius 1 is 1.50 bits per heavy atom. The van der Waals surface area contributed by atoms with E-state index in [1.54, 1.807) is 0 Å². The van der Waals surface area contributed by atoms with Crippen LogP contribution in [0.2, 0.25) is 5.02 Å². The molecule has 1 aromatic carbocycles. The van der Waals surface area contributed by atoms with Gasteiger partial charge in [-0.15, -0.1) is 0 Å². The predicted octanol–water partition coefficient (Wildman–Crippen LogP) is 2.57. The van der Waals surface area contributed by atoms with E-state index in [9.17, 15) is 5.11 Å². The quantitative estimate of drug-likeness (QED) is 0.903. The number of ether oxygens (including phenoxy) is 2. The summed E-state index contributed by atoms with van der Waals surface area (Å²) < 4.78 is 11.1. The van der Waals surface area contributed by atoms with E-state index in [1.807, 2.05) is 19.1 Å². The van der Waals surface area contributed by atoms with Gasteiger partial charge in [0, 0.05) is 37.6 Å². The number of hydrogen-bond acceptors (Lipinski definition) is 4. The van der Waals surface area contributed by atoms with Gasteiger partial charge in [-0.05, 0) is 31.0 Å². The van der Waals surface area contributed by atoms with E-state index in [1.165, 1.54) is 5.56 Å². The van der Waals surface area contributed by atoms with Crippen LogP contribution in [0.1, 0.15) is 18.9 Å². The zero-order valence-corrected chi connectivity index (χ0v) is 13.8. The molecule has 0 spiro atoms. The van der Waals surface area contributed by atoms with Gasteiger partial charge in [0.15, 0.2) is 0 Å². The lowest BCUT2D eigenvalue weighted by Gasteiger charge is -2.36. The van der Waals surface area contributed by atoms with Crippen molar-refractivity contribution in [1.82, 2.24) is 4.90 Å². The van der Waals surface area contributed by atoms with E-state index in [4.69, 9.17) is 21.1 Å². The maximum absolute atomic E-state index is 9.86. The van der Waals surface area contributed by atoms with Crippen LogP contribution < -0.4 is 4.74 Å². The Morgan fingerprint density at radius 3 is 3.05 bits per heavy atom. The Bertz CT molecular complexity index is 525. The van der Waals surface area contributed by atoms with Crippen molar-refractivity contribution in [3.8, 4) is 5.75 Å². The number of hydrogen-bond donors (Lipinski definition) is 1. The Kier molecular flexibility index (Phi) is 4.93. The first kappa shape index (κ1) is 16.1. The van der Waals surface area contributed by atoms with E-state index in [0.717, 1.165) is 45.0 Å². The van der Waals surface area contributed by atoms with Crippen molar-refractivity contribution in [1.29, 1.82) is 0 Å². The highest BCUT2D eigenvalue weighted by Gasteiger charge is 2.47. The number of aliphatic hydroxyl groups excluding tert-OH is 1. The second-order valence-electron chi connectivity index (χ2n) is 6.41. The summed E-state index contributed by atoms with van der Waals surface area (Å²) in [7, 11) is 0. The molecule has 4 nitrogen and oxygen atoms in total. The van der Waals surface area contributed by atoms with Crippen LogP contribution in [0.4, 0.5) is 0 Å². The summed E-state index contributed by atoms with van der Waals surface area (Å²) >= 11 is 6.27. The molecule has 122 valence electrons. The predicted molar refractivity (Wildman–Crippen MR) is 86.3 cm³/mol. The first-order valence-electron chi connectivity index (χ1n) is 7.99. The molecule has 0 amide bonds. The summed E-state index contributed by atoms with van der Waals surface area (Å²) in [5, 5.41) is 10.5. The van der Waals surface area contributed by atoms with Gasteiger partial charge in [0.05, 0.1) is 24.8 Å². The van der Waals surface area contributed by atoms with Crippen molar-refractivity contribution in [2.45, 2.75) is 19.9 Å². The van der Waals surface area contributed by atoms with Crippen molar-refractivity contribution in [3.63, 3.8) is 0 Å². The number of nitrogens with zero attached hydrogens (tertiary/aromatic N) is 1. The lowest BCUT2D eigenvalue weighted by Crippen LogP contribution is -2.41. The average molecular weight is 326 g/mol. The van der Waals surface area contributed by atoms with Crippen LogP contribution in [0.25, 0.3) is 0 Å². The number of aliphatic hydroxyl groups is 1. The van der Waals surface area contributed by atoms with Crippen molar-refractivity contribution in [2.24, 2.45) is 11.3 Å². The Morgan fingerprint density at radius 2 is 2.36 bits per heavy atom. The third-order valence-corrected chi connectivity index (χ3v) is 5.26. The van der Waals surface area contributed by atoms with Crippen molar-refractivity contribution >= 4 is 11.6 Å². The summed E-state index contributed by atoms with van der Waals surface area (Å²) in [6, 6.07) is 5.99. The molecule has 0 radical (unpaired) electrons. The lowest BCUT2D eigenvalue weighted by atomic mass is 9.75. The topological polar surface area (TPSA) is 41.9 Å². The van der Waals surface area contributed by atoms with Gasteiger partial charge in [-0.1, -0.05) is 17.7 Å². The normalized spacial score (nSPS) is 28.6. The Balaban J connectivity index is 1.68. The van der Waals surface area contributed by atoms with Gasteiger partial charge in [0.2, 0.25) is 0 Å². The Hall–Kier alpha value is -0.810. The fourth-order valence-corrected chi connectivity index (χ4v) is 3.97. The molecule has 22 heavy (non-hydrogen) atoms. The minimum atomic E-state index is 0.0211. The molecular formula is C17H24ClNO3. The molecule has 0 unspecified atom stereocenters. The van der Waals surface area contributed by atoms with Gasteiger partial charge in [-0.2, -0.15) is 0 Å². The lowest BCUT2D eigenvalue weighted by molar-refractivity contribution is -0.0417. The monoisotopic (exact) mass is 325 g/mol. The molecule has 2 aliphatic rings. The van der Waals surface area contributed by atoms with Crippen LogP contribution in [0.3, 0.4) is 0 Å². The van der Waals surface area contributed by atoms with Crippen LogP contribution in [0.5, 0.6) is 5.75 Å². The molecule has 2 fully saturated rings. The molecule has 2 heterocycles. The molecule has 5 heteroatoms. The van der Waals surface area contributed by atoms with Crippen molar-refractivity contribution < 1.29 is 14.6 Å². The van der Waals surface area contributed by atoms with E-state index in [2.05, 4.69) is 11.0 Å². The van der Waals surface area contributed by atoms with Crippen LogP contribution in [-0.4, -0.2) is 49.5 Å². The van der Waals surface area contributed by atoms with Crippen LogP contribution >= 0.6 is 11.6 Å². The summed E-state index contributed by atoms with van der Waals surface area (Å²) in [5.74, 6) is 1.17. The van der Waals surface area contributed by atoms with Crippen molar-refractivity contribution in [2.75, 3.05) is 39.5 Å². The zero-order valence-electron chi connectivity index (χ0n) is 13.1. The van der Waals surface area contributed by atoms with E-state index >= 15 is 0 Å². The van der Waals surface area contributed by atoms with Crippen molar-refractivity contribution in [3.05, 3.63) is 28.8 Å². The van der Waals surface area contributed by atoms with Gasteiger partial charge in [0.25, 0.3) is 0 Å². The smallest absolute Gasteiger partial charge is 0.137 e. The molecule has 1 aromatic rings. The maximum Gasteiger partial charge on any atom is 0.137 e. The van der Waals surface area contributed by atoms with Crippen LogP contribution in [-0.2, 0) is 11.3 Å². The fourth-order valence-electron chi connectivity index (χ4n) is 3.71. The van der Waals surface area contributed by atoms with E-state index in [-0.39, 0.29) is 12.0 Å². The number of fused-ring (bicyclic) bond motifs is 1. The average Bonchev–Trinajstić information content (AvgIpc) is 2.88. The maximum atomic E-state index is 9.86. The van der Waals surface area contributed by atoms with Crippen LogP contribution in [0, 0.1) is 11.3 Å². The zero-order chi connectivity index (χ0) is 15.6. The minimum absolute atomic E-state index is 0.0211. The second-order valence-corrected chi connectivity index (χ2v) is 6.82. The summed E-state index contributed by atoms with van der Waals surface area (Å²) in [6.45, 7) is 7.11. The molecule has 0 aliphatic carbocycles. The summed E-state index contributed by atoms with van der Waals surface area (Å²) in [5.41, 5.74) is 1.20. The first-order chi connectivity index (χ1) is 10.7. The SMILES string of the molecule is CCOc1ccc(CN2C[C@@H]3COCC[C@]3(CO)C2)cc1Cl. The van der Waals surface area contributed by atoms with Gasteiger partial charge >= 0.3 is 0 Å². The third-order valence-electron chi connectivity index (χ3n) is 4.96. The molecule has 2 saturated heterocycles. The standard InChI is InChI=1S/C17H24ClNO3/c1-2-22-16-4-3-13(7-15(16)18)8-19-9-14-10-21-6-5-17(14,11-19)12-20/h3-4,7,14,20H,2,5-6,8-12H2,1H3/t14-,17-/m1/s1. The highest BCUT2D eigenvalue weighted by Crippen LogP contribution is 2.42. The summed E-state index contributed by atoms with van der Waals surface area (Å²) in [6.07, 6.45) is 0.953. The molecule has 1 N–H and O–H groups in total. The number of likely N-dealkylation sites (tertiary alicyclic amines) is 1. The molecule has 0 aromatic heterocycles. The molecule has 2 aliphatic heterocycles.